The number of carbonyl (C=O) groups is 1. The van der Waals surface area contributed by atoms with Gasteiger partial charge < -0.3 is 19.3 Å². The first-order valence-corrected chi connectivity index (χ1v) is 6.62. The number of hydrogen-bond acceptors (Lipinski definition) is 4. The Balaban J connectivity index is 1.75. The van der Waals surface area contributed by atoms with Crippen LogP contribution in [0.3, 0.4) is 0 Å². The highest BCUT2D eigenvalue weighted by Gasteiger charge is 2.20. The molecule has 22 heavy (non-hydrogen) atoms. The Morgan fingerprint density at radius 3 is 2.73 bits per heavy atom. The highest BCUT2D eigenvalue weighted by molar-refractivity contribution is 5.87. The number of carboxylic acid groups (broad SMARTS) is 1. The van der Waals surface area contributed by atoms with Gasteiger partial charge in [-0.25, -0.2) is 9.18 Å². The SMILES string of the molecule is O=C(O)c1ccc(COc2ccc(F)c3c2OCOC3)cc1. The van der Waals surface area contributed by atoms with Gasteiger partial charge >= 0.3 is 5.97 Å². The van der Waals surface area contributed by atoms with Gasteiger partial charge in [-0.2, -0.15) is 0 Å². The molecule has 0 saturated carbocycles. The van der Waals surface area contributed by atoms with Crippen LogP contribution in [0.1, 0.15) is 21.5 Å². The molecule has 0 fully saturated rings. The molecule has 0 spiro atoms. The lowest BCUT2D eigenvalue weighted by molar-refractivity contribution is -0.0204. The van der Waals surface area contributed by atoms with Crippen LogP contribution in [0.25, 0.3) is 0 Å². The van der Waals surface area contributed by atoms with E-state index in [1.54, 1.807) is 12.1 Å². The lowest BCUT2D eigenvalue weighted by Gasteiger charge is -2.21. The molecule has 0 atom stereocenters. The van der Waals surface area contributed by atoms with Crippen molar-refractivity contribution in [1.82, 2.24) is 0 Å². The molecule has 3 rings (SSSR count). The van der Waals surface area contributed by atoms with Crippen molar-refractivity contribution < 1.29 is 28.5 Å². The highest BCUT2D eigenvalue weighted by Crippen LogP contribution is 2.36. The van der Waals surface area contributed by atoms with E-state index >= 15 is 0 Å². The molecule has 0 amide bonds. The molecule has 0 aliphatic carbocycles. The van der Waals surface area contributed by atoms with Gasteiger partial charge in [0.1, 0.15) is 12.4 Å². The second-order valence-corrected chi connectivity index (χ2v) is 4.75. The Morgan fingerprint density at radius 1 is 1.23 bits per heavy atom. The number of rotatable bonds is 4. The molecule has 1 aliphatic rings. The molecule has 0 unspecified atom stereocenters. The fourth-order valence-corrected chi connectivity index (χ4v) is 2.14. The van der Waals surface area contributed by atoms with Crippen molar-refractivity contribution in [3.05, 3.63) is 58.9 Å². The molecule has 114 valence electrons. The number of ether oxygens (including phenoxy) is 3. The monoisotopic (exact) mass is 304 g/mol. The Morgan fingerprint density at radius 2 is 2.00 bits per heavy atom. The smallest absolute Gasteiger partial charge is 0.335 e. The zero-order chi connectivity index (χ0) is 15.5. The number of benzene rings is 2. The maximum atomic E-state index is 13.7. The van der Waals surface area contributed by atoms with Gasteiger partial charge in [0.2, 0.25) is 0 Å². The van der Waals surface area contributed by atoms with E-state index in [1.807, 2.05) is 0 Å². The van der Waals surface area contributed by atoms with Crippen molar-refractivity contribution in [2.45, 2.75) is 13.2 Å². The van der Waals surface area contributed by atoms with Gasteiger partial charge in [0.05, 0.1) is 17.7 Å². The third-order valence-electron chi connectivity index (χ3n) is 3.30. The summed E-state index contributed by atoms with van der Waals surface area (Å²) >= 11 is 0. The minimum absolute atomic E-state index is 0.0557. The van der Waals surface area contributed by atoms with E-state index in [-0.39, 0.29) is 25.6 Å². The average molecular weight is 304 g/mol. The van der Waals surface area contributed by atoms with Crippen LogP contribution in [0.2, 0.25) is 0 Å². The van der Waals surface area contributed by atoms with Crippen LogP contribution in [-0.4, -0.2) is 17.9 Å². The third-order valence-corrected chi connectivity index (χ3v) is 3.30. The van der Waals surface area contributed by atoms with Crippen LogP contribution in [0.15, 0.2) is 36.4 Å². The summed E-state index contributed by atoms with van der Waals surface area (Å²) in [5.41, 5.74) is 1.35. The second-order valence-electron chi connectivity index (χ2n) is 4.75. The molecule has 2 aromatic rings. The standard InChI is InChI=1S/C16H13FO5/c17-13-5-6-14(15-12(13)8-20-9-22-15)21-7-10-1-3-11(4-2-10)16(18)19/h1-6H,7-9H2,(H,18,19). The molecule has 6 heteroatoms. The second kappa shape index (κ2) is 6.03. The number of carboxylic acids is 1. The van der Waals surface area contributed by atoms with Crippen LogP contribution < -0.4 is 9.47 Å². The van der Waals surface area contributed by atoms with Gasteiger partial charge in [-0.05, 0) is 29.8 Å². The van der Waals surface area contributed by atoms with E-state index in [0.29, 0.717) is 17.1 Å². The number of halogens is 1. The summed E-state index contributed by atoms with van der Waals surface area (Å²) in [5.74, 6) is -0.586. The van der Waals surface area contributed by atoms with Crippen LogP contribution in [-0.2, 0) is 18.0 Å². The fraction of sp³-hybridized carbons (Fsp3) is 0.188. The molecule has 1 heterocycles. The predicted octanol–water partition coefficient (Wildman–Crippen LogP) is 2.97. The van der Waals surface area contributed by atoms with Gasteiger partial charge in [-0.3, -0.25) is 0 Å². The Bertz CT molecular complexity index is 696. The Kier molecular flexibility index (Phi) is 3.93. The number of hydrogen-bond donors (Lipinski definition) is 1. The lowest BCUT2D eigenvalue weighted by atomic mass is 10.1. The van der Waals surface area contributed by atoms with E-state index in [2.05, 4.69) is 0 Å². The molecule has 2 aromatic carbocycles. The van der Waals surface area contributed by atoms with Crippen molar-refractivity contribution in [3.63, 3.8) is 0 Å². The zero-order valence-corrected chi connectivity index (χ0v) is 11.5. The fourth-order valence-electron chi connectivity index (χ4n) is 2.14. The molecule has 1 aliphatic heterocycles. The van der Waals surface area contributed by atoms with Crippen LogP contribution in [0.4, 0.5) is 4.39 Å². The molecular weight excluding hydrogens is 291 g/mol. The minimum Gasteiger partial charge on any atom is -0.485 e. The van der Waals surface area contributed by atoms with Crippen LogP contribution >= 0.6 is 0 Å². The van der Waals surface area contributed by atoms with Crippen molar-refractivity contribution in [2.75, 3.05) is 6.79 Å². The first-order chi connectivity index (χ1) is 10.6. The summed E-state index contributed by atoms with van der Waals surface area (Å²) in [6.45, 7) is 0.425. The predicted molar refractivity (Wildman–Crippen MR) is 74.4 cm³/mol. The zero-order valence-electron chi connectivity index (χ0n) is 11.5. The highest BCUT2D eigenvalue weighted by atomic mass is 19.1. The molecule has 0 radical (unpaired) electrons. The van der Waals surface area contributed by atoms with Gasteiger partial charge in [0.15, 0.2) is 18.3 Å². The largest absolute Gasteiger partial charge is 0.485 e. The lowest BCUT2D eigenvalue weighted by Crippen LogP contribution is -2.14. The summed E-state index contributed by atoms with van der Waals surface area (Å²) in [6.07, 6.45) is 0. The quantitative estimate of drug-likeness (QED) is 0.940. The summed E-state index contributed by atoms with van der Waals surface area (Å²) in [7, 11) is 0. The normalized spacial score (nSPS) is 13.1. The minimum atomic E-state index is -0.978. The van der Waals surface area contributed by atoms with Gasteiger partial charge in [0, 0.05) is 0 Å². The third kappa shape index (κ3) is 2.87. The van der Waals surface area contributed by atoms with Crippen molar-refractivity contribution in [2.24, 2.45) is 0 Å². The van der Waals surface area contributed by atoms with E-state index in [0.717, 1.165) is 5.56 Å². The molecule has 5 nitrogen and oxygen atoms in total. The molecule has 0 bridgehead atoms. The van der Waals surface area contributed by atoms with Crippen LogP contribution in [0, 0.1) is 5.82 Å². The molecule has 0 aromatic heterocycles. The van der Waals surface area contributed by atoms with E-state index in [4.69, 9.17) is 19.3 Å². The number of fused-ring (bicyclic) bond motifs is 1. The Labute approximate surface area is 125 Å². The van der Waals surface area contributed by atoms with Crippen molar-refractivity contribution >= 4 is 5.97 Å². The maximum Gasteiger partial charge on any atom is 0.335 e. The van der Waals surface area contributed by atoms with Gasteiger partial charge in [0.25, 0.3) is 0 Å². The Hall–Kier alpha value is -2.60. The van der Waals surface area contributed by atoms with Crippen LogP contribution in [0.5, 0.6) is 11.5 Å². The molecule has 1 N–H and O–H groups in total. The first-order valence-electron chi connectivity index (χ1n) is 6.62. The molecular formula is C16H13FO5. The average Bonchev–Trinajstić information content (AvgIpc) is 2.55. The summed E-state index contributed by atoms with van der Waals surface area (Å²) in [4.78, 5) is 10.8. The van der Waals surface area contributed by atoms with E-state index in [1.165, 1.54) is 24.3 Å². The van der Waals surface area contributed by atoms with Crippen molar-refractivity contribution in [1.29, 1.82) is 0 Å². The summed E-state index contributed by atoms with van der Waals surface area (Å²) in [6, 6.07) is 9.16. The molecule has 0 saturated heterocycles. The van der Waals surface area contributed by atoms with Gasteiger partial charge in [-0.15, -0.1) is 0 Å². The van der Waals surface area contributed by atoms with Gasteiger partial charge in [-0.1, -0.05) is 12.1 Å². The summed E-state index contributed by atoms with van der Waals surface area (Å²) < 4.78 is 29.7. The topological polar surface area (TPSA) is 65.0 Å². The number of aromatic carboxylic acids is 1. The van der Waals surface area contributed by atoms with E-state index < -0.39 is 11.8 Å². The van der Waals surface area contributed by atoms with E-state index in [9.17, 15) is 9.18 Å². The summed E-state index contributed by atoms with van der Waals surface area (Å²) in [5, 5.41) is 8.85. The first kappa shape index (κ1) is 14.3. The van der Waals surface area contributed by atoms with Crippen molar-refractivity contribution in [3.8, 4) is 11.5 Å². The maximum absolute atomic E-state index is 13.7.